The van der Waals surface area contributed by atoms with Crippen LogP contribution in [0.25, 0.3) is 10.9 Å². The zero-order valence-electron chi connectivity index (χ0n) is 12.6. The van der Waals surface area contributed by atoms with Gasteiger partial charge in [-0.05, 0) is 32.0 Å². The fourth-order valence-corrected chi connectivity index (χ4v) is 2.09. The monoisotopic (exact) mass is 303 g/mol. The standard InChI is InChI=1S/C15H17N3O4/c1-4-22-15(20)12-10-7-9(14(19)21-3)5-6-11(10)18-13(12)17-8(2)16/h5-7,18H,4H2,1-3H3,(H2,16,17). The van der Waals surface area contributed by atoms with E-state index < -0.39 is 11.9 Å². The van der Waals surface area contributed by atoms with Crippen LogP contribution in [-0.4, -0.2) is 36.5 Å². The predicted molar refractivity (Wildman–Crippen MR) is 82.6 cm³/mol. The molecule has 0 aliphatic carbocycles. The highest BCUT2D eigenvalue weighted by atomic mass is 16.5. The number of aliphatic imine (C=N–C) groups is 1. The minimum atomic E-state index is -0.532. The molecule has 22 heavy (non-hydrogen) atoms. The maximum Gasteiger partial charge on any atom is 0.342 e. The van der Waals surface area contributed by atoms with Crippen molar-refractivity contribution in [3.05, 3.63) is 29.3 Å². The largest absolute Gasteiger partial charge is 0.465 e. The molecule has 0 saturated heterocycles. The Morgan fingerprint density at radius 3 is 2.64 bits per heavy atom. The molecule has 0 atom stereocenters. The lowest BCUT2D eigenvalue weighted by molar-refractivity contribution is 0.0528. The van der Waals surface area contributed by atoms with Crippen molar-refractivity contribution in [1.82, 2.24) is 4.98 Å². The summed E-state index contributed by atoms with van der Waals surface area (Å²) in [6, 6.07) is 4.84. The number of hydrogen-bond donors (Lipinski definition) is 2. The number of H-pyrrole nitrogens is 1. The number of nitrogens with one attached hydrogen (secondary N) is 1. The van der Waals surface area contributed by atoms with E-state index in [9.17, 15) is 9.59 Å². The van der Waals surface area contributed by atoms with Crippen LogP contribution in [0.4, 0.5) is 5.82 Å². The lowest BCUT2D eigenvalue weighted by atomic mass is 10.1. The summed E-state index contributed by atoms with van der Waals surface area (Å²) in [5.41, 5.74) is 6.82. The second-order valence-corrected chi connectivity index (χ2v) is 4.57. The smallest absolute Gasteiger partial charge is 0.342 e. The number of nitrogens with zero attached hydrogens (tertiary/aromatic N) is 1. The molecule has 3 N–H and O–H groups in total. The molecular weight excluding hydrogens is 286 g/mol. The maximum absolute atomic E-state index is 12.2. The fourth-order valence-electron chi connectivity index (χ4n) is 2.09. The van der Waals surface area contributed by atoms with Crippen LogP contribution in [-0.2, 0) is 9.47 Å². The Labute approximate surface area is 127 Å². The molecule has 0 amide bonds. The van der Waals surface area contributed by atoms with E-state index in [-0.39, 0.29) is 12.2 Å². The topological polar surface area (TPSA) is 107 Å². The third kappa shape index (κ3) is 2.93. The minimum absolute atomic E-state index is 0.229. The first-order chi connectivity index (χ1) is 10.5. The molecule has 2 rings (SSSR count). The van der Waals surface area contributed by atoms with Crippen molar-refractivity contribution >= 4 is 34.5 Å². The van der Waals surface area contributed by atoms with Gasteiger partial charge in [0.1, 0.15) is 11.4 Å². The van der Waals surface area contributed by atoms with Gasteiger partial charge in [0.25, 0.3) is 0 Å². The van der Waals surface area contributed by atoms with Crippen molar-refractivity contribution in [1.29, 1.82) is 0 Å². The van der Waals surface area contributed by atoms with E-state index in [1.165, 1.54) is 7.11 Å². The molecule has 0 aliphatic heterocycles. The third-order valence-corrected chi connectivity index (χ3v) is 2.97. The summed E-state index contributed by atoms with van der Waals surface area (Å²) in [5.74, 6) is -0.422. The molecule has 7 heteroatoms. The SMILES string of the molecule is CCOC(=O)c1c(/N=C(/C)N)[nH]c2ccc(C(=O)OC)cc12. The average molecular weight is 303 g/mol. The number of benzene rings is 1. The highest BCUT2D eigenvalue weighted by Gasteiger charge is 2.21. The van der Waals surface area contributed by atoms with E-state index in [4.69, 9.17) is 15.2 Å². The molecule has 0 spiro atoms. The molecule has 0 saturated carbocycles. The number of ether oxygens (including phenoxy) is 2. The summed E-state index contributed by atoms with van der Waals surface area (Å²) in [6.45, 7) is 3.55. The second kappa shape index (κ2) is 6.30. The Morgan fingerprint density at radius 2 is 2.05 bits per heavy atom. The van der Waals surface area contributed by atoms with E-state index in [1.54, 1.807) is 32.0 Å². The molecule has 0 fully saturated rings. The molecule has 1 aromatic carbocycles. The van der Waals surface area contributed by atoms with Crippen LogP contribution in [0.2, 0.25) is 0 Å². The number of rotatable bonds is 4. The van der Waals surface area contributed by atoms with Crippen LogP contribution >= 0.6 is 0 Å². The van der Waals surface area contributed by atoms with E-state index in [2.05, 4.69) is 9.98 Å². The number of aromatic nitrogens is 1. The summed E-state index contributed by atoms with van der Waals surface area (Å²) in [6.07, 6.45) is 0. The minimum Gasteiger partial charge on any atom is -0.465 e. The van der Waals surface area contributed by atoms with Gasteiger partial charge in [-0.15, -0.1) is 0 Å². The van der Waals surface area contributed by atoms with E-state index in [0.717, 1.165) is 0 Å². The van der Waals surface area contributed by atoms with Gasteiger partial charge < -0.3 is 20.2 Å². The van der Waals surface area contributed by atoms with Crippen molar-refractivity contribution in [2.45, 2.75) is 13.8 Å². The highest BCUT2D eigenvalue weighted by molar-refractivity contribution is 6.10. The van der Waals surface area contributed by atoms with Gasteiger partial charge in [0, 0.05) is 10.9 Å². The van der Waals surface area contributed by atoms with Crippen LogP contribution in [0, 0.1) is 0 Å². The van der Waals surface area contributed by atoms with Gasteiger partial charge in [0.05, 0.1) is 25.1 Å². The number of esters is 2. The number of aromatic amines is 1. The third-order valence-electron chi connectivity index (χ3n) is 2.97. The Balaban J connectivity index is 2.69. The fraction of sp³-hybridized carbons (Fsp3) is 0.267. The zero-order chi connectivity index (χ0) is 16.3. The van der Waals surface area contributed by atoms with Gasteiger partial charge >= 0.3 is 11.9 Å². The first kappa shape index (κ1) is 15.6. The number of nitrogens with two attached hydrogens (primary N) is 1. The highest BCUT2D eigenvalue weighted by Crippen LogP contribution is 2.30. The molecule has 0 aliphatic rings. The Morgan fingerprint density at radius 1 is 1.32 bits per heavy atom. The van der Waals surface area contributed by atoms with Crippen LogP contribution < -0.4 is 5.73 Å². The van der Waals surface area contributed by atoms with E-state index in [0.29, 0.717) is 28.1 Å². The van der Waals surface area contributed by atoms with E-state index in [1.807, 2.05) is 0 Å². The van der Waals surface area contributed by atoms with Gasteiger partial charge in [-0.2, -0.15) is 0 Å². The number of fused-ring (bicyclic) bond motifs is 1. The van der Waals surface area contributed by atoms with Crippen molar-refractivity contribution in [3.8, 4) is 0 Å². The second-order valence-electron chi connectivity index (χ2n) is 4.57. The molecule has 0 bridgehead atoms. The van der Waals surface area contributed by atoms with Crippen molar-refractivity contribution in [3.63, 3.8) is 0 Å². The number of carbonyl (C=O) groups is 2. The van der Waals surface area contributed by atoms with Crippen molar-refractivity contribution in [2.75, 3.05) is 13.7 Å². The van der Waals surface area contributed by atoms with Crippen LogP contribution in [0.3, 0.4) is 0 Å². The molecule has 1 heterocycles. The lowest BCUT2D eigenvalue weighted by Crippen LogP contribution is -2.07. The maximum atomic E-state index is 12.2. The summed E-state index contributed by atoms with van der Waals surface area (Å²) >= 11 is 0. The predicted octanol–water partition coefficient (Wildman–Crippen LogP) is 2.14. The van der Waals surface area contributed by atoms with Crippen LogP contribution in [0.15, 0.2) is 23.2 Å². The molecule has 7 nitrogen and oxygen atoms in total. The summed E-state index contributed by atoms with van der Waals surface area (Å²) in [7, 11) is 1.30. The normalized spacial score (nSPS) is 11.5. The molecule has 2 aromatic rings. The Bertz CT molecular complexity index is 757. The summed E-state index contributed by atoms with van der Waals surface area (Å²) in [4.78, 5) is 31.0. The van der Waals surface area contributed by atoms with E-state index >= 15 is 0 Å². The molecule has 116 valence electrons. The van der Waals surface area contributed by atoms with Gasteiger partial charge in [-0.25, -0.2) is 14.6 Å². The Kier molecular flexibility index (Phi) is 4.45. The quantitative estimate of drug-likeness (QED) is 0.511. The van der Waals surface area contributed by atoms with Gasteiger partial charge in [0.2, 0.25) is 0 Å². The number of hydrogen-bond acceptors (Lipinski definition) is 5. The summed E-state index contributed by atoms with van der Waals surface area (Å²) < 4.78 is 9.75. The molecule has 0 unspecified atom stereocenters. The van der Waals surface area contributed by atoms with Gasteiger partial charge in [0.15, 0.2) is 0 Å². The van der Waals surface area contributed by atoms with Gasteiger partial charge in [-0.3, -0.25) is 0 Å². The average Bonchev–Trinajstić information content (AvgIpc) is 2.82. The molecule has 1 aromatic heterocycles. The number of carbonyl (C=O) groups excluding carboxylic acids is 2. The van der Waals surface area contributed by atoms with Crippen LogP contribution in [0.5, 0.6) is 0 Å². The first-order valence-corrected chi connectivity index (χ1v) is 6.69. The summed E-state index contributed by atoms with van der Waals surface area (Å²) in [5, 5.41) is 0.529. The number of amidine groups is 1. The van der Waals surface area contributed by atoms with Crippen molar-refractivity contribution < 1.29 is 19.1 Å². The first-order valence-electron chi connectivity index (χ1n) is 6.69. The zero-order valence-corrected chi connectivity index (χ0v) is 12.6. The molecular formula is C15H17N3O4. The Hall–Kier alpha value is -2.83. The van der Waals surface area contributed by atoms with Gasteiger partial charge in [-0.1, -0.05) is 0 Å². The molecule has 0 radical (unpaired) electrons. The van der Waals surface area contributed by atoms with Crippen molar-refractivity contribution in [2.24, 2.45) is 10.7 Å². The number of methoxy groups -OCH3 is 1. The van der Waals surface area contributed by atoms with Crippen LogP contribution in [0.1, 0.15) is 34.6 Å². The lowest BCUT2D eigenvalue weighted by Gasteiger charge is -2.03.